The van der Waals surface area contributed by atoms with E-state index < -0.39 is 0 Å². The molecule has 0 aliphatic heterocycles. The van der Waals surface area contributed by atoms with E-state index in [9.17, 15) is 9.59 Å². The summed E-state index contributed by atoms with van der Waals surface area (Å²) >= 11 is 1.48. The minimum atomic E-state index is -0.175. The Balaban J connectivity index is 1.70. The van der Waals surface area contributed by atoms with Gasteiger partial charge in [-0.05, 0) is 38.1 Å². The molecule has 0 aliphatic carbocycles. The van der Waals surface area contributed by atoms with Gasteiger partial charge in [-0.25, -0.2) is 4.98 Å². The van der Waals surface area contributed by atoms with Crippen LogP contribution in [0.5, 0.6) is 5.75 Å². The third-order valence-corrected chi connectivity index (χ3v) is 4.79. The molecule has 138 valence electrons. The SMILES string of the molecule is CCOc1ccccc1-c1nc(CC(=O)Nc2cccc(C(C)=O)c2)cs1. The maximum atomic E-state index is 12.3. The fraction of sp³-hybridized carbons (Fsp3) is 0.190. The number of amides is 1. The van der Waals surface area contributed by atoms with Crippen molar-refractivity contribution in [2.45, 2.75) is 20.3 Å². The molecule has 0 radical (unpaired) electrons. The number of anilines is 1. The van der Waals surface area contributed by atoms with Crippen molar-refractivity contribution >= 4 is 28.7 Å². The molecule has 0 aliphatic rings. The number of hydrogen-bond acceptors (Lipinski definition) is 5. The number of nitrogens with zero attached hydrogens (tertiary/aromatic N) is 1. The molecule has 3 rings (SSSR count). The topological polar surface area (TPSA) is 68.3 Å². The number of rotatable bonds is 7. The van der Waals surface area contributed by atoms with Crippen LogP contribution in [-0.2, 0) is 11.2 Å². The highest BCUT2D eigenvalue weighted by Gasteiger charge is 2.13. The van der Waals surface area contributed by atoms with E-state index >= 15 is 0 Å². The first-order valence-corrected chi connectivity index (χ1v) is 9.52. The van der Waals surface area contributed by atoms with E-state index in [-0.39, 0.29) is 18.1 Å². The monoisotopic (exact) mass is 380 g/mol. The third kappa shape index (κ3) is 4.80. The van der Waals surface area contributed by atoms with E-state index in [2.05, 4.69) is 10.3 Å². The van der Waals surface area contributed by atoms with Gasteiger partial charge in [0.1, 0.15) is 10.8 Å². The molecule has 6 heteroatoms. The quantitative estimate of drug-likeness (QED) is 0.609. The van der Waals surface area contributed by atoms with Gasteiger partial charge in [-0.3, -0.25) is 9.59 Å². The minimum absolute atomic E-state index is 0.0387. The lowest BCUT2D eigenvalue weighted by Crippen LogP contribution is -2.14. The van der Waals surface area contributed by atoms with Crippen molar-refractivity contribution in [2.24, 2.45) is 0 Å². The summed E-state index contributed by atoms with van der Waals surface area (Å²) in [5, 5.41) is 5.51. The minimum Gasteiger partial charge on any atom is -0.493 e. The smallest absolute Gasteiger partial charge is 0.230 e. The first-order chi connectivity index (χ1) is 13.1. The number of nitrogens with one attached hydrogen (secondary N) is 1. The Morgan fingerprint density at radius 1 is 1.15 bits per heavy atom. The van der Waals surface area contributed by atoms with Gasteiger partial charge in [0, 0.05) is 16.6 Å². The average molecular weight is 380 g/mol. The van der Waals surface area contributed by atoms with Crippen LogP contribution < -0.4 is 10.1 Å². The summed E-state index contributed by atoms with van der Waals surface area (Å²) in [5.41, 5.74) is 2.79. The van der Waals surface area contributed by atoms with Crippen molar-refractivity contribution in [3.8, 4) is 16.3 Å². The third-order valence-electron chi connectivity index (χ3n) is 3.86. The summed E-state index contributed by atoms with van der Waals surface area (Å²) in [7, 11) is 0. The number of para-hydroxylation sites is 1. The average Bonchev–Trinajstić information content (AvgIpc) is 3.10. The Kier molecular flexibility index (Phi) is 5.98. The molecule has 0 bridgehead atoms. The summed E-state index contributed by atoms with van der Waals surface area (Å²) < 4.78 is 5.65. The molecular formula is C21H20N2O3S. The Labute approximate surface area is 162 Å². The number of benzene rings is 2. The fourth-order valence-electron chi connectivity index (χ4n) is 2.62. The van der Waals surface area contributed by atoms with E-state index in [0.29, 0.717) is 23.6 Å². The Morgan fingerprint density at radius 2 is 1.96 bits per heavy atom. The van der Waals surface area contributed by atoms with E-state index in [1.807, 2.05) is 36.6 Å². The van der Waals surface area contributed by atoms with Crippen LogP contribution in [0.25, 0.3) is 10.6 Å². The first kappa shape index (κ1) is 18.8. The van der Waals surface area contributed by atoms with Crippen LogP contribution in [0, 0.1) is 0 Å². The summed E-state index contributed by atoms with van der Waals surface area (Å²) in [5.74, 6) is 0.570. The van der Waals surface area contributed by atoms with Crippen molar-refractivity contribution in [1.82, 2.24) is 4.98 Å². The van der Waals surface area contributed by atoms with Gasteiger partial charge in [-0.2, -0.15) is 0 Å². The summed E-state index contributed by atoms with van der Waals surface area (Å²) in [6.07, 6.45) is 0.164. The maximum Gasteiger partial charge on any atom is 0.230 e. The fourth-order valence-corrected chi connectivity index (χ4v) is 3.47. The number of thiazole rings is 1. The number of carbonyl (C=O) groups is 2. The van der Waals surface area contributed by atoms with Crippen molar-refractivity contribution in [3.05, 3.63) is 65.2 Å². The largest absolute Gasteiger partial charge is 0.493 e. The second-order valence-electron chi connectivity index (χ2n) is 5.94. The predicted octanol–water partition coefficient (Wildman–Crippen LogP) is 4.59. The highest BCUT2D eigenvalue weighted by atomic mass is 32.1. The van der Waals surface area contributed by atoms with E-state index in [0.717, 1.165) is 16.3 Å². The number of aromatic nitrogens is 1. The van der Waals surface area contributed by atoms with Gasteiger partial charge < -0.3 is 10.1 Å². The Bertz CT molecular complexity index is 965. The molecule has 27 heavy (non-hydrogen) atoms. The molecule has 1 N–H and O–H groups in total. The van der Waals surface area contributed by atoms with Crippen LogP contribution >= 0.6 is 11.3 Å². The molecular weight excluding hydrogens is 360 g/mol. The lowest BCUT2D eigenvalue weighted by atomic mass is 10.1. The van der Waals surface area contributed by atoms with Gasteiger partial charge in [0.2, 0.25) is 5.91 Å². The second-order valence-corrected chi connectivity index (χ2v) is 6.79. The zero-order chi connectivity index (χ0) is 19.2. The molecule has 0 atom stereocenters. The molecule has 0 saturated carbocycles. The zero-order valence-electron chi connectivity index (χ0n) is 15.2. The van der Waals surface area contributed by atoms with E-state index in [1.165, 1.54) is 18.3 Å². The molecule has 1 amide bonds. The van der Waals surface area contributed by atoms with Crippen molar-refractivity contribution in [1.29, 1.82) is 0 Å². The normalized spacial score (nSPS) is 10.4. The predicted molar refractivity (Wildman–Crippen MR) is 107 cm³/mol. The van der Waals surface area contributed by atoms with E-state index in [4.69, 9.17) is 4.74 Å². The number of carbonyl (C=O) groups excluding carboxylic acids is 2. The molecule has 2 aromatic carbocycles. The van der Waals surface area contributed by atoms with Crippen LogP contribution in [-0.4, -0.2) is 23.3 Å². The van der Waals surface area contributed by atoms with Gasteiger partial charge in [0.25, 0.3) is 0 Å². The van der Waals surface area contributed by atoms with Gasteiger partial charge in [0.05, 0.1) is 24.3 Å². The molecule has 1 aromatic heterocycles. The molecule has 1 heterocycles. The molecule has 0 unspecified atom stereocenters. The van der Waals surface area contributed by atoms with Crippen LogP contribution in [0.15, 0.2) is 53.9 Å². The highest BCUT2D eigenvalue weighted by molar-refractivity contribution is 7.13. The Hall–Kier alpha value is -2.99. The number of ether oxygens (including phenoxy) is 1. The number of hydrogen-bond donors (Lipinski definition) is 1. The number of ketones is 1. The van der Waals surface area contributed by atoms with Crippen molar-refractivity contribution in [3.63, 3.8) is 0 Å². The van der Waals surface area contributed by atoms with Gasteiger partial charge in [-0.15, -0.1) is 11.3 Å². The summed E-state index contributed by atoms with van der Waals surface area (Å²) in [6.45, 7) is 4.02. The molecule has 3 aromatic rings. The van der Waals surface area contributed by atoms with Gasteiger partial charge >= 0.3 is 0 Å². The molecule has 0 saturated heterocycles. The Morgan fingerprint density at radius 3 is 2.74 bits per heavy atom. The van der Waals surface area contributed by atoms with Crippen LogP contribution in [0.4, 0.5) is 5.69 Å². The van der Waals surface area contributed by atoms with Crippen molar-refractivity contribution in [2.75, 3.05) is 11.9 Å². The van der Waals surface area contributed by atoms with Crippen molar-refractivity contribution < 1.29 is 14.3 Å². The first-order valence-electron chi connectivity index (χ1n) is 8.64. The summed E-state index contributed by atoms with van der Waals surface area (Å²) in [6, 6.07) is 14.6. The maximum absolute atomic E-state index is 12.3. The molecule has 5 nitrogen and oxygen atoms in total. The molecule has 0 spiro atoms. The lowest BCUT2D eigenvalue weighted by molar-refractivity contribution is -0.115. The zero-order valence-corrected chi connectivity index (χ0v) is 16.0. The van der Waals surface area contributed by atoms with Crippen LogP contribution in [0.2, 0.25) is 0 Å². The summed E-state index contributed by atoms with van der Waals surface area (Å²) in [4.78, 5) is 28.4. The van der Waals surface area contributed by atoms with Crippen LogP contribution in [0.1, 0.15) is 29.9 Å². The van der Waals surface area contributed by atoms with Crippen LogP contribution in [0.3, 0.4) is 0 Å². The van der Waals surface area contributed by atoms with Gasteiger partial charge in [-0.1, -0.05) is 24.3 Å². The number of Topliss-reactive ketones (excluding diaryl/α,β-unsaturated/α-hetero) is 1. The van der Waals surface area contributed by atoms with E-state index in [1.54, 1.807) is 24.3 Å². The molecule has 0 fully saturated rings. The highest BCUT2D eigenvalue weighted by Crippen LogP contribution is 2.32. The standard InChI is InChI=1S/C21H20N2O3S/c1-3-26-19-10-5-4-9-18(19)21-23-17(13-27-21)12-20(25)22-16-8-6-7-15(11-16)14(2)24/h4-11,13H,3,12H2,1-2H3,(H,22,25). The van der Waals surface area contributed by atoms with Gasteiger partial charge in [0.15, 0.2) is 5.78 Å². The second kappa shape index (κ2) is 8.60. The lowest BCUT2D eigenvalue weighted by Gasteiger charge is -2.07.